The van der Waals surface area contributed by atoms with Crippen LogP contribution in [0.5, 0.6) is 5.75 Å². The van der Waals surface area contributed by atoms with Gasteiger partial charge in [0.05, 0.1) is 34.9 Å². The molecule has 35 heavy (non-hydrogen) atoms. The molecule has 5 rings (SSSR count). The Bertz CT molecular complexity index is 1330. The van der Waals surface area contributed by atoms with Crippen LogP contribution in [-0.2, 0) is 9.63 Å². The Morgan fingerprint density at radius 1 is 0.829 bits per heavy atom. The zero-order valence-electron chi connectivity index (χ0n) is 18.3. The largest absolute Gasteiger partial charge is 0.508 e. The van der Waals surface area contributed by atoms with Crippen LogP contribution in [-0.4, -0.2) is 51.1 Å². The first-order chi connectivity index (χ1) is 17.0. The highest BCUT2D eigenvalue weighted by Gasteiger charge is 2.38. The molecule has 3 aromatic rings. The van der Waals surface area contributed by atoms with Crippen molar-refractivity contribution < 1.29 is 24.3 Å². The van der Waals surface area contributed by atoms with E-state index >= 15 is 0 Å². The van der Waals surface area contributed by atoms with Gasteiger partial charge in [0.15, 0.2) is 5.17 Å². The number of amides is 3. The Labute approximate surface area is 205 Å². The minimum atomic E-state index is -0.529. The van der Waals surface area contributed by atoms with E-state index in [1.54, 1.807) is 54.6 Å². The molecule has 0 unspecified atom stereocenters. The first-order valence-electron chi connectivity index (χ1n) is 10.8. The Morgan fingerprint density at radius 3 is 2.11 bits per heavy atom. The maximum Gasteiger partial charge on any atom is 0.285 e. The fraction of sp³-hybridized carbons (Fsp3) is 0.0769. The van der Waals surface area contributed by atoms with Gasteiger partial charge in [-0.3, -0.25) is 24.1 Å². The van der Waals surface area contributed by atoms with E-state index in [4.69, 9.17) is 4.84 Å². The number of nitrogens with zero attached hydrogens (tertiary/aromatic N) is 3. The van der Waals surface area contributed by atoms with Crippen LogP contribution in [0, 0.1) is 0 Å². The SMILES string of the molecule is O=C1/C(=C\c2ccc(O)cc2)SC(=Nc2ccccc2)N1CCON1C(=O)c2ccccc2C1=O. The highest BCUT2D eigenvalue weighted by molar-refractivity contribution is 8.18. The average molecular weight is 486 g/mol. The summed E-state index contributed by atoms with van der Waals surface area (Å²) in [5.41, 5.74) is 2.01. The number of benzene rings is 3. The molecule has 1 saturated heterocycles. The molecule has 0 atom stereocenters. The van der Waals surface area contributed by atoms with Gasteiger partial charge in [0, 0.05) is 0 Å². The number of hydroxylamine groups is 2. The first kappa shape index (κ1) is 22.6. The standard InChI is InChI=1S/C26H19N3O5S/c30-19-12-10-17(11-13-19)16-22-25(33)28(26(35-22)27-18-6-2-1-3-7-18)14-15-34-29-23(31)20-8-4-5-9-21(20)24(29)32/h1-13,16,30H,14-15H2/b22-16+,27-26?. The van der Waals surface area contributed by atoms with Crippen LogP contribution in [0.1, 0.15) is 26.3 Å². The highest BCUT2D eigenvalue weighted by Crippen LogP contribution is 2.34. The Kier molecular flexibility index (Phi) is 6.17. The summed E-state index contributed by atoms with van der Waals surface area (Å²) >= 11 is 1.22. The van der Waals surface area contributed by atoms with E-state index in [-0.39, 0.29) is 35.9 Å². The molecule has 2 heterocycles. The lowest BCUT2D eigenvalue weighted by Gasteiger charge is -2.18. The fourth-order valence-electron chi connectivity index (χ4n) is 3.63. The topological polar surface area (TPSA) is 99.5 Å². The highest BCUT2D eigenvalue weighted by atomic mass is 32.2. The van der Waals surface area contributed by atoms with Crippen molar-refractivity contribution in [1.29, 1.82) is 0 Å². The van der Waals surface area contributed by atoms with Crippen LogP contribution in [0.25, 0.3) is 6.08 Å². The van der Waals surface area contributed by atoms with Gasteiger partial charge in [-0.1, -0.05) is 42.5 Å². The maximum atomic E-state index is 13.2. The van der Waals surface area contributed by atoms with Crippen molar-refractivity contribution in [2.24, 2.45) is 4.99 Å². The molecule has 0 aliphatic carbocycles. The summed E-state index contributed by atoms with van der Waals surface area (Å²) in [6, 6.07) is 22.2. The number of fused-ring (bicyclic) bond motifs is 1. The number of aromatic hydroxyl groups is 1. The summed E-state index contributed by atoms with van der Waals surface area (Å²) in [6.45, 7) is -0.00408. The van der Waals surface area contributed by atoms with Crippen molar-refractivity contribution >= 4 is 46.4 Å². The van der Waals surface area contributed by atoms with E-state index in [1.165, 1.54) is 16.7 Å². The van der Waals surface area contributed by atoms with E-state index in [2.05, 4.69) is 4.99 Å². The number of hydrogen-bond donors (Lipinski definition) is 1. The molecule has 9 heteroatoms. The number of amidine groups is 1. The van der Waals surface area contributed by atoms with E-state index in [9.17, 15) is 19.5 Å². The maximum absolute atomic E-state index is 13.2. The van der Waals surface area contributed by atoms with E-state index in [1.807, 2.05) is 30.3 Å². The summed E-state index contributed by atoms with van der Waals surface area (Å²) in [5.74, 6) is -1.20. The third-order valence-electron chi connectivity index (χ3n) is 5.35. The number of phenols is 1. The van der Waals surface area contributed by atoms with Gasteiger partial charge < -0.3 is 5.11 Å². The number of para-hydroxylation sites is 1. The summed E-state index contributed by atoms with van der Waals surface area (Å²) in [4.78, 5) is 50.3. The lowest BCUT2D eigenvalue weighted by molar-refractivity contribution is -0.125. The number of carbonyl (C=O) groups is 3. The van der Waals surface area contributed by atoms with Crippen LogP contribution < -0.4 is 0 Å². The van der Waals surface area contributed by atoms with Crippen molar-refractivity contribution in [3.63, 3.8) is 0 Å². The number of rotatable bonds is 6. The lowest BCUT2D eigenvalue weighted by Crippen LogP contribution is -2.36. The van der Waals surface area contributed by atoms with Crippen LogP contribution >= 0.6 is 11.8 Å². The second-order valence-electron chi connectivity index (χ2n) is 7.67. The average Bonchev–Trinajstić information content (AvgIpc) is 3.29. The predicted octanol–water partition coefficient (Wildman–Crippen LogP) is 4.22. The number of thioether (sulfide) groups is 1. The van der Waals surface area contributed by atoms with Crippen LogP contribution in [0.15, 0.2) is 88.8 Å². The third-order valence-corrected chi connectivity index (χ3v) is 6.36. The fourth-order valence-corrected chi connectivity index (χ4v) is 4.66. The molecule has 0 bridgehead atoms. The monoisotopic (exact) mass is 485 g/mol. The molecule has 0 saturated carbocycles. The van der Waals surface area contributed by atoms with Gasteiger partial charge in [-0.05, 0) is 59.8 Å². The number of hydrogen-bond acceptors (Lipinski definition) is 7. The molecule has 2 aliphatic rings. The van der Waals surface area contributed by atoms with E-state index in [0.717, 1.165) is 10.6 Å². The molecule has 3 amide bonds. The zero-order valence-corrected chi connectivity index (χ0v) is 19.1. The lowest BCUT2D eigenvalue weighted by atomic mass is 10.1. The molecular weight excluding hydrogens is 466 g/mol. The van der Waals surface area contributed by atoms with Crippen LogP contribution in [0.3, 0.4) is 0 Å². The van der Waals surface area contributed by atoms with Gasteiger partial charge >= 0.3 is 0 Å². The van der Waals surface area contributed by atoms with Gasteiger partial charge in [0.25, 0.3) is 17.7 Å². The zero-order chi connectivity index (χ0) is 24.4. The minimum absolute atomic E-state index is 0.0812. The number of carbonyl (C=O) groups excluding carboxylic acids is 3. The Morgan fingerprint density at radius 2 is 1.46 bits per heavy atom. The molecule has 2 aliphatic heterocycles. The first-order valence-corrected chi connectivity index (χ1v) is 11.6. The van der Waals surface area contributed by atoms with Crippen molar-refractivity contribution in [3.05, 3.63) is 100 Å². The van der Waals surface area contributed by atoms with Crippen molar-refractivity contribution in [1.82, 2.24) is 9.96 Å². The van der Waals surface area contributed by atoms with Gasteiger partial charge in [0.1, 0.15) is 5.75 Å². The van der Waals surface area contributed by atoms with Crippen molar-refractivity contribution in [3.8, 4) is 5.75 Å². The van der Waals surface area contributed by atoms with E-state index < -0.39 is 11.8 Å². The molecule has 0 aromatic heterocycles. The molecule has 1 N–H and O–H groups in total. The Balaban J connectivity index is 1.35. The molecule has 1 fully saturated rings. The predicted molar refractivity (Wildman–Crippen MR) is 132 cm³/mol. The Hall–Kier alpha value is -4.21. The van der Waals surface area contributed by atoms with Crippen molar-refractivity contribution in [2.75, 3.05) is 13.2 Å². The normalized spacial score (nSPS) is 17.7. The molecule has 174 valence electrons. The van der Waals surface area contributed by atoms with Crippen molar-refractivity contribution in [2.45, 2.75) is 0 Å². The van der Waals surface area contributed by atoms with E-state index in [0.29, 0.717) is 15.8 Å². The molecule has 0 radical (unpaired) electrons. The molecule has 3 aromatic carbocycles. The van der Waals surface area contributed by atoms with Gasteiger partial charge in [-0.2, -0.15) is 0 Å². The van der Waals surface area contributed by atoms with Gasteiger partial charge in [-0.15, -0.1) is 5.06 Å². The van der Waals surface area contributed by atoms with Gasteiger partial charge in [0.2, 0.25) is 0 Å². The van der Waals surface area contributed by atoms with Crippen LogP contribution in [0.4, 0.5) is 5.69 Å². The number of imide groups is 1. The summed E-state index contributed by atoms with van der Waals surface area (Å²) in [7, 11) is 0. The second kappa shape index (κ2) is 9.57. The number of aliphatic imine (C=N–C) groups is 1. The summed E-state index contributed by atoms with van der Waals surface area (Å²) in [5, 5.41) is 10.7. The third kappa shape index (κ3) is 4.59. The summed E-state index contributed by atoms with van der Waals surface area (Å²) in [6.07, 6.45) is 1.72. The van der Waals surface area contributed by atoms with Gasteiger partial charge in [-0.25, -0.2) is 4.99 Å². The molecule has 8 nitrogen and oxygen atoms in total. The quantitative estimate of drug-likeness (QED) is 0.415. The second-order valence-corrected chi connectivity index (χ2v) is 8.68. The number of phenolic OH excluding ortho intramolecular Hbond substituents is 1. The molecule has 0 spiro atoms. The minimum Gasteiger partial charge on any atom is -0.508 e. The molecular formula is C26H19N3O5S. The smallest absolute Gasteiger partial charge is 0.285 e. The van der Waals surface area contributed by atoms with Crippen LogP contribution in [0.2, 0.25) is 0 Å². The summed E-state index contributed by atoms with van der Waals surface area (Å²) < 4.78 is 0.